The minimum atomic E-state index is -1.11. The van der Waals surface area contributed by atoms with Crippen molar-refractivity contribution >= 4 is 5.97 Å². The van der Waals surface area contributed by atoms with E-state index in [0.717, 1.165) is 24.2 Å². The van der Waals surface area contributed by atoms with Crippen LogP contribution in [0.25, 0.3) is 0 Å². The monoisotopic (exact) mass is 304 g/mol. The fourth-order valence-corrected chi connectivity index (χ4v) is 3.53. The Balaban J connectivity index is 1.79. The van der Waals surface area contributed by atoms with Crippen molar-refractivity contribution in [3.05, 3.63) is 28.8 Å². The molecule has 5 heteroatoms. The van der Waals surface area contributed by atoms with Crippen LogP contribution >= 0.6 is 0 Å². The summed E-state index contributed by atoms with van der Waals surface area (Å²) in [6.07, 6.45) is 3.96. The van der Waals surface area contributed by atoms with Crippen molar-refractivity contribution in [2.75, 3.05) is 19.7 Å². The molecule has 2 aliphatic rings. The number of aliphatic carboxylic acids is 1. The number of hydrogen-bond donors (Lipinski definition) is 2. The van der Waals surface area contributed by atoms with Crippen molar-refractivity contribution in [3.63, 3.8) is 0 Å². The SMILES string of the molecule is CCOc1cc2c(cc1CN1CC[C@@](N)(C(=O)O)C1)CCC2. The van der Waals surface area contributed by atoms with Gasteiger partial charge in [0.1, 0.15) is 11.3 Å². The van der Waals surface area contributed by atoms with Gasteiger partial charge >= 0.3 is 5.97 Å². The van der Waals surface area contributed by atoms with Gasteiger partial charge < -0.3 is 15.6 Å². The molecule has 1 aromatic rings. The maximum atomic E-state index is 11.3. The van der Waals surface area contributed by atoms with E-state index in [9.17, 15) is 9.90 Å². The number of ether oxygens (including phenoxy) is 1. The molecule has 0 spiro atoms. The van der Waals surface area contributed by atoms with Crippen molar-refractivity contribution in [2.45, 2.75) is 44.7 Å². The molecule has 22 heavy (non-hydrogen) atoms. The lowest BCUT2D eigenvalue weighted by atomic mass is 10.0. The van der Waals surface area contributed by atoms with E-state index in [1.54, 1.807) is 0 Å². The average molecular weight is 304 g/mol. The maximum Gasteiger partial charge on any atom is 0.325 e. The minimum absolute atomic E-state index is 0.394. The molecule has 0 bridgehead atoms. The molecule has 1 fully saturated rings. The molecule has 0 aromatic heterocycles. The highest BCUT2D eigenvalue weighted by molar-refractivity contribution is 5.79. The van der Waals surface area contributed by atoms with Gasteiger partial charge in [-0.3, -0.25) is 9.69 Å². The van der Waals surface area contributed by atoms with Crippen LogP contribution in [0.3, 0.4) is 0 Å². The Morgan fingerprint density at radius 1 is 1.41 bits per heavy atom. The Bertz CT molecular complexity index is 588. The Hall–Kier alpha value is -1.59. The first kappa shape index (κ1) is 15.3. The summed E-state index contributed by atoms with van der Waals surface area (Å²) in [5.41, 5.74) is 8.81. The van der Waals surface area contributed by atoms with Gasteiger partial charge in [-0.15, -0.1) is 0 Å². The summed E-state index contributed by atoms with van der Waals surface area (Å²) < 4.78 is 5.80. The van der Waals surface area contributed by atoms with Crippen molar-refractivity contribution in [3.8, 4) is 5.75 Å². The smallest absolute Gasteiger partial charge is 0.325 e. The molecule has 1 atom stereocenters. The minimum Gasteiger partial charge on any atom is -0.494 e. The highest BCUT2D eigenvalue weighted by Crippen LogP contribution is 2.32. The van der Waals surface area contributed by atoms with Gasteiger partial charge in [-0.05, 0) is 49.8 Å². The standard InChI is InChI=1S/C17H24N2O3/c1-2-22-15-9-13-5-3-4-12(13)8-14(15)10-19-7-6-17(18,11-19)16(20)21/h8-9H,2-7,10-11,18H2,1H3,(H,20,21)/t17-/m0/s1. The largest absolute Gasteiger partial charge is 0.494 e. The molecule has 3 N–H and O–H groups in total. The second-order valence-corrected chi connectivity index (χ2v) is 6.44. The number of carbonyl (C=O) groups is 1. The maximum absolute atomic E-state index is 11.3. The second-order valence-electron chi connectivity index (χ2n) is 6.44. The lowest BCUT2D eigenvalue weighted by molar-refractivity contribution is -0.142. The summed E-state index contributed by atoms with van der Waals surface area (Å²) >= 11 is 0. The molecule has 120 valence electrons. The third kappa shape index (κ3) is 2.83. The van der Waals surface area contributed by atoms with Crippen LogP contribution < -0.4 is 10.5 Å². The molecule has 1 aromatic carbocycles. The normalized spacial score (nSPS) is 24.5. The molecule has 0 radical (unpaired) electrons. The molecule has 5 nitrogen and oxygen atoms in total. The number of aryl methyl sites for hydroxylation is 2. The molecule has 1 aliphatic carbocycles. The number of hydrogen-bond acceptors (Lipinski definition) is 4. The number of carboxylic acid groups (broad SMARTS) is 1. The summed E-state index contributed by atoms with van der Waals surface area (Å²) in [4.78, 5) is 13.4. The van der Waals surface area contributed by atoms with E-state index >= 15 is 0 Å². The van der Waals surface area contributed by atoms with Gasteiger partial charge in [0.2, 0.25) is 0 Å². The molecule has 3 rings (SSSR count). The topological polar surface area (TPSA) is 75.8 Å². The molecular formula is C17H24N2O3. The predicted molar refractivity (Wildman–Crippen MR) is 84.1 cm³/mol. The quantitative estimate of drug-likeness (QED) is 0.863. The number of rotatable bonds is 5. The zero-order chi connectivity index (χ0) is 15.7. The summed E-state index contributed by atoms with van der Waals surface area (Å²) in [7, 11) is 0. The van der Waals surface area contributed by atoms with E-state index < -0.39 is 11.5 Å². The van der Waals surface area contributed by atoms with Gasteiger partial charge in [0.25, 0.3) is 0 Å². The van der Waals surface area contributed by atoms with Crippen LogP contribution in [0.1, 0.15) is 36.5 Å². The van der Waals surface area contributed by atoms with E-state index in [0.29, 0.717) is 32.7 Å². The van der Waals surface area contributed by atoms with Crippen LogP contribution in [0.15, 0.2) is 12.1 Å². The third-order valence-electron chi connectivity index (χ3n) is 4.77. The first-order valence-electron chi connectivity index (χ1n) is 8.04. The Morgan fingerprint density at radius 2 is 2.14 bits per heavy atom. The summed E-state index contributed by atoms with van der Waals surface area (Å²) in [6, 6.07) is 4.41. The molecule has 0 unspecified atom stereocenters. The first-order valence-corrected chi connectivity index (χ1v) is 8.04. The molecule has 1 saturated heterocycles. The number of nitrogens with two attached hydrogens (primary N) is 1. The van der Waals surface area contributed by atoms with Gasteiger partial charge in [0, 0.05) is 25.2 Å². The highest BCUT2D eigenvalue weighted by Gasteiger charge is 2.41. The number of likely N-dealkylation sites (tertiary alicyclic amines) is 1. The summed E-state index contributed by atoms with van der Waals surface area (Å²) in [5.74, 6) is 0.0296. The van der Waals surface area contributed by atoms with Crippen LogP contribution in [0.2, 0.25) is 0 Å². The van der Waals surface area contributed by atoms with E-state index in [1.807, 2.05) is 6.92 Å². The highest BCUT2D eigenvalue weighted by atomic mass is 16.5. The second kappa shape index (κ2) is 5.89. The van der Waals surface area contributed by atoms with Crippen LogP contribution in [-0.2, 0) is 24.2 Å². The van der Waals surface area contributed by atoms with Crippen LogP contribution in [-0.4, -0.2) is 41.2 Å². The zero-order valence-electron chi connectivity index (χ0n) is 13.1. The Kier molecular flexibility index (Phi) is 4.10. The molecule has 0 amide bonds. The van der Waals surface area contributed by atoms with E-state index in [1.165, 1.54) is 17.5 Å². The lowest BCUT2D eigenvalue weighted by Gasteiger charge is -2.21. The third-order valence-corrected chi connectivity index (χ3v) is 4.77. The van der Waals surface area contributed by atoms with Crippen molar-refractivity contribution in [1.29, 1.82) is 0 Å². The van der Waals surface area contributed by atoms with E-state index in [4.69, 9.17) is 10.5 Å². The number of fused-ring (bicyclic) bond motifs is 1. The lowest BCUT2D eigenvalue weighted by Crippen LogP contribution is -2.50. The van der Waals surface area contributed by atoms with Crippen molar-refractivity contribution in [1.82, 2.24) is 4.90 Å². The Morgan fingerprint density at radius 3 is 2.77 bits per heavy atom. The van der Waals surface area contributed by atoms with Gasteiger partial charge in [0.05, 0.1) is 6.61 Å². The Labute approximate surface area is 131 Å². The van der Waals surface area contributed by atoms with Gasteiger partial charge in [-0.2, -0.15) is 0 Å². The van der Waals surface area contributed by atoms with Gasteiger partial charge in [0.15, 0.2) is 0 Å². The van der Waals surface area contributed by atoms with Gasteiger partial charge in [-0.1, -0.05) is 6.07 Å². The van der Waals surface area contributed by atoms with Crippen LogP contribution in [0.4, 0.5) is 0 Å². The number of nitrogens with zero attached hydrogens (tertiary/aromatic N) is 1. The molecule has 1 aliphatic heterocycles. The van der Waals surface area contributed by atoms with E-state index in [2.05, 4.69) is 17.0 Å². The van der Waals surface area contributed by atoms with Crippen molar-refractivity contribution in [2.24, 2.45) is 5.73 Å². The van der Waals surface area contributed by atoms with Crippen LogP contribution in [0.5, 0.6) is 5.75 Å². The molecule has 1 heterocycles. The molecule has 0 saturated carbocycles. The summed E-state index contributed by atoms with van der Waals surface area (Å²) in [6.45, 7) is 4.44. The zero-order valence-corrected chi connectivity index (χ0v) is 13.1. The number of benzene rings is 1. The first-order chi connectivity index (χ1) is 10.5. The van der Waals surface area contributed by atoms with E-state index in [-0.39, 0.29) is 0 Å². The van der Waals surface area contributed by atoms with Crippen molar-refractivity contribution < 1.29 is 14.6 Å². The summed E-state index contributed by atoms with van der Waals surface area (Å²) in [5, 5.41) is 9.25. The van der Waals surface area contributed by atoms with Gasteiger partial charge in [-0.25, -0.2) is 0 Å². The fraction of sp³-hybridized carbons (Fsp3) is 0.588. The van der Waals surface area contributed by atoms with Crippen LogP contribution in [0, 0.1) is 0 Å². The average Bonchev–Trinajstić information content (AvgIpc) is 3.07. The number of carboxylic acids is 1. The predicted octanol–water partition coefficient (Wildman–Crippen LogP) is 1.56. The molecular weight excluding hydrogens is 280 g/mol. The fourth-order valence-electron chi connectivity index (χ4n) is 3.53.